The lowest BCUT2D eigenvalue weighted by molar-refractivity contribution is 0.555. The summed E-state index contributed by atoms with van der Waals surface area (Å²) >= 11 is 1.90. The van der Waals surface area contributed by atoms with Crippen LogP contribution in [0.1, 0.15) is 23.6 Å². The summed E-state index contributed by atoms with van der Waals surface area (Å²) in [7, 11) is 2.14. The minimum Gasteiger partial charge on any atom is -0.369 e. The molecule has 108 valence electrons. The molecule has 1 aromatic carbocycles. The van der Waals surface area contributed by atoms with Gasteiger partial charge in [0.1, 0.15) is 0 Å². The highest BCUT2D eigenvalue weighted by molar-refractivity contribution is 7.12. The van der Waals surface area contributed by atoms with Crippen molar-refractivity contribution in [3.8, 4) is 0 Å². The van der Waals surface area contributed by atoms with Crippen molar-refractivity contribution in [1.29, 1.82) is 0 Å². The van der Waals surface area contributed by atoms with E-state index in [0.29, 0.717) is 5.92 Å². The molecule has 0 unspecified atom stereocenters. The monoisotopic (exact) mass is 288 g/mol. The quantitative estimate of drug-likeness (QED) is 0.824. The van der Waals surface area contributed by atoms with E-state index in [0.717, 1.165) is 19.6 Å². The molecule has 0 atom stereocenters. The predicted molar refractivity (Wildman–Crippen MR) is 89.4 cm³/mol. The molecule has 1 N–H and O–H groups in total. The molecule has 1 heterocycles. The van der Waals surface area contributed by atoms with E-state index >= 15 is 0 Å². The van der Waals surface area contributed by atoms with Gasteiger partial charge in [-0.1, -0.05) is 32.0 Å². The molecule has 2 nitrogen and oxygen atoms in total. The zero-order valence-corrected chi connectivity index (χ0v) is 13.4. The average Bonchev–Trinajstić information content (AvgIpc) is 2.87. The Morgan fingerprint density at radius 2 is 1.75 bits per heavy atom. The SMILES string of the molecule is CC(C)CNCc1ccc(CN(C)c2ccccc2)s1. The van der Waals surface area contributed by atoms with Crippen LogP contribution < -0.4 is 10.2 Å². The molecule has 0 fully saturated rings. The first-order valence-electron chi connectivity index (χ1n) is 7.19. The molecular formula is C17H24N2S. The molecule has 0 saturated carbocycles. The van der Waals surface area contributed by atoms with Gasteiger partial charge < -0.3 is 10.2 Å². The fourth-order valence-corrected chi connectivity index (χ4v) is 3.14. The molecule has 0 spiro atoms. The van der Waals surface area contributed by atoms with E-state index in [1.807, 2.05) is 11.3 Å². The average molecular weight is 288 g/mol. The van der Waals surface area contributed by atoms with Crippen LogP contribution in [0.5, 0.6) is 0 Å². The van der Waals surface area contributed by atoms with Crippen molar-refractivity contribution in [3.63, 3.8) is 0 Å². The summed E-state index contributed by atoms with van der Waals surface area (Å²) in [5.41, 5.74) is 1.26. The van der Waals surface area contributed by atoms with Crippen molar-refractivity contribution in [2.24, 2.45) is 5.92 Å². The smallest absolute Gasteiger partial charge is 0.0519 e. The van der Waals surface area contributed by atoms with Gasteiger partial charge in [0.2, 0.25) is 0 Å². The van der Waals surface area contributed by atoms with E-state index in [2.05, 4.69) is 73.6 Å². The summed E-state index contributed by atoms with van der Waals surface area (Å²) in [6.07, 6.45) is 0. The molecule has 0 saturated heterocycles. The van der Waals surface area contributed by atoms with Gasteiger partial charge in [-0.05, 0) is 36.7 Å². The molecule has 0 radical (unpaired) electrons. The lowest BCUT2D eigenvalue weighted by Crippen LogP contribution is -2.18. The van der Waals surface area contributed by atoms with Crippen LogP contribution in [0.15, 0.2) is 42.5 Å². The Hall–Kier alpha value is -1.32. The Balaban J connectivity index is 1.86. The van der Waals surface area contributed by atoms with Gasteiger partial charge >= 0.3 is 0 Å². The van der Waals surface area contributed by atoms with Crippen molar-refractivity contribution in [3.05, 3.63) is 52.2 Å². The zero-order valence-electron chi connectivity index (χ0n) is 12.6. The van der Waals surface area contributed by atoms with Gasteiger partial charge in [-0.3, -0.25) is 0 Å². The first-order chi connectivity index (χ1) is 9.65. The third-order valence-corrected chi connectivity index (χ3v) is 4.23. The van der Waals surface area contributed by atoms with Crippen molar-refractivity contribution < 1.29 is 0 Å². The molecule has 2 aromatic rings. The third-order valence-electron chi connectivity index (χ3n) is 3.16. The van der Waals surface area contributed by atoms with E-state index in [-0.39, 0.29) is 0 Å². The number of hydrogen-bond acceptors (Lipinski definition) is 3. The van der Waals surface area contributed by atoms with Crippen LogP contribution in [0.25, 0.3) is 0 Å². The molecule has 0 aliphatic heterocycles. The standard InChI is InChI=1S/C17H24N2S/c1-14(2)11-18-12-16-9-10-17(20-16)13-19(3)15-7-5-4-6-8-15/h4-10,14,18H,11-13H2,1-3H3. The lowest BCUT2D eigenvalue weighted by Gasteiger charge is -2.18. The van der Waals surface area contributed by atoms with Crippen molar-refractivity contribution in [1.82, 2.24) is 5.32 Å². The first-order valence-corrected chi connectivity index (χ1v) is 8.01. The van der Waals surface area contributed by atoms with Gasteiger partial charge in [-0.25, -0.2) is 0 Å². The van der Waals surface area contributed by atoms with Gasteiger partial charge in [0.05, 0.1) is 6.54 Å². The van der Waals surface area contributed by atoms with Crippen LogP contribution >= 0.6 is 11.3 Å². The van der Waals surface area contributed by atoms with Crippen LogP contribution in [0.4, 0.5) is 5.69 Å². The first kappa shape index (κ1) is 15.1. The van der Waals surface area contributed by atoms with Crippen LogP contribution in [0, 0.1) is 5.92 Å². The van der Waals surface area contributed by atoms with Crippen molar-refractivity contribution in [2.75, 3.05) is 18.5 Å². The summed E-state index contributed by atoms with van der Waals surface area (Å²) in [5.74, 6) is 0.707. The maximum atomic E-state index is 3.50. The van der Waals surface area contributed by atoms with E-state index in [1.54, 1.807) is 0 Å². The minimum absolute atomic E-state index is 0.707. The Kier molecular flexibility index (Phi) is 5.62. The number of anilines is 1. The number of benzene rings is 1. The van der Waals surface area contributed by atoms with Crippen LogP contribution in [-0.4, -0.2) is 13.6 Å². The number of nitrogens with one attached hydrogen (secondary N) is 1. The number of thiophene rings is 1. The third kappa shape index (κ3) is 4.66. The second-order valence-corrected chi connectivity index (χ2v) is 6.84. The van der Waals surface area contributed by atoms with E-state index in [1.165, 1.54) is 15.4 Å². The fraction of sp³-hybridized carbons (Fsp3) is 0.412. The van der Waals surface area contributed by atoms with E-state index in [9.17, 15) is 0 Å². The summed E-state index contributed by atoms with van der Waals surface area (Å²) in [6, 6.07) is 15.0. The Morgan fingerprint density at radius 1 is 1.05 bits per heavy atom. The Labute approximate surface area is 126 Å². The van der Waals surface area contributed by atoms with Gasteiger partial charge in [-0.15, -0.1) is 11.3 Å². The van der Waals surface area contributed by atoms with Crippen LogP contribution in [0.2, 0.25) is 0 Å². The molecular weight excluding hydrogens is 264 g/mol. The molecule has 2 rings (SSSR count). The maximum Gasteiger partial charge on any atom is 0.0519 e. The molecule has 0 aliphatic carbocycles. The zero-order chi connectivity index (χ0) is 14.4. The fourth-order valence-electron chi connectivity index (χ4n) is 2.09. The minimum atomic E-state index is 0.707. The molecule has 0 amide bonds. The highest BCUT2D eigenvalue weighted by Gasteiger charge is 2.05. The van der Waals surface area contributed by atoms with E-state index < -0.39 is 0 Å². The van der Waals surface area contributed by atoms with Crippen molar-refractivity contribution >= 4 is 17.0 Å². The van der Waals surface area contributed by atoms with Gasteiger partial charge in [-0.2, -0.15) is 0 Å². The number of rotatable bonds is 7. The van der Waals surface area contributed by atoms with Gasteiger partial charge in [0.25, 0.3) is 0 Å². The maximum absolute atomic E-state index is 3.50. The van der Waals surface area contributed by atoms with Crippen LogP contribution in [0.3, 0.4) is 0 Å². The van der Waals surface area contributed by atoms with Crippen molar-refractivity contribution in [2.45, 2.75) is 26.9 Å². The molecule has 3 heteroatoms. The molecule has 20 heavy (non-hydrogen) atoms. The number of hydrogen-bond donors (Lipinski definition) is 1. The highest BCUT2D eigenvalue weighted by Crippen LogP contribution is 2.21. The number of para-hydroxylation sites is 1. The largest absolute Gasteiger partial charge is 0.369 e. The summed E-state index contributed by atoms with van der Waals surface area (Å²) in [6.45, 7) is 7.51. The molecule has 0 bridgehead atoms. The molecule has 1 aromatic heterocycles. The predicted octanol–water partition coefficient (Wildman–Crippen LogP) is 4.13. The normalized spacial score (nSPS) is 11.0. The second-order valence-electron chi connectivity index (χ2n) is 5.58. The molecule has 0 aliphatic rings. The van der Waals surface area contributed by atoms with Gasteiger partial charge in [0.15, 0.2) is 0 Å². The summed E-state index contributed by atoms with van der Waals surface area (Å²) in [5, 5.41) is 3.50. The Morgan fingerprint density at radius 3 is 2.45 bits per heavy atom. The lowest BCUT2D eigenvalue weighted by atomic mass is 10.2. The van der Waals surface area contributed by atoms with E-state index in [4.69, 9.17) is 0 Å². The van der Waals surface area contributed by atoms with Crippen LogP contribution in [-0.2, 0) is 13.1 Å². The summed E-state index contributed by atoms with van der Waals surface area (Å²) < 4.78 is 0. The number of nitrogens with zero attached hydrogens (tertiary/aromatic N) is 1. The summed E-state index contributed by atoms with van der Waals surface area (Å²) in [4.78, 5) is 5.12. The topological polar surface area (TPSA) is 15.3 Å². The Bertz CT molecular complexity index is 505. The second kappa shape index (κ2) is 7.46. The highest BCUT2D eigenvalue weighted by atomic mass is 32.1. The van der Waals surface area contributed by atoms with Gasteiger partial charge in [0, 0.05) is 29.0 Å².